The van der Waals surface area contributed by atoms with Crippen LogP contribution in [-0.4, -0.2) is 46.9 Å². The molecular weight excluding hydrogens is 368 g/mol. The van der Waals surface area contributed by atoms with E-state index >= 15 is 0 Å². The second-order valence-electron chi connectivity index (χ2n) is 5.64. The molecule has 0 spiro atoms. The quantitative estimate of drug-likeness (QED) is 0.449. The molecule has 0 fully saturated rings. The van der Waals surface area contributed by atoms with Gasteiger partial charge in [0, 0.05) is 22.9 Å². The smallest absolute Gasteiger partial charge is 0.261 e. The monoisotopic (exact) mass is 386 g/mol. The minimum atomic E-state index is -0.260. The van der Waals surface area contributed by atoms with Gasteiger partial charge in [0.1, 0.15) is 0 Å². The van der Waals surface area contributed by atoms with Gasteiger partial charge in [0.15, 0.2) is 0 Å². The lowest BCUT2D eigenvalue weighted by molar-refractivity contribution is -0.113. The molecule has 134 valence electrons. The Labute approximate surface area is 160 Å². The fourth-order valence-corrected chi connectivity index (χ4v) is 3.83. The van der Waals surface area contributed by atoms with Gasteiger partial charge >= 0.3 is 0 Å². The number of fused-ring (bicyclic) bond motifs is 1. The Hall–Kier alpha value is -2.25. The highest BCUT2D eigenvalue weighted by Crippen LogP contribution is 2.23. The van der Waals surface area contributed by atoms with Crippen LogP contribution < -0.4 is 5.32 Å². The van der Waals surface area contributed by atoms with Crippen LogP contribution in [0.15, 0.2) is 53.4 Å². The molecule has 26 heavy (non-hydrogen) atoms. The second kappa shape index (κ2) is 8.42. The summed E-state index contributed by atoms with van der Waals surface area (Å²) >= 11 is 3.01. The highest BCUT2D eigenvalue weighted by molar-refractivity contribution is 8.00. The largest absolute Gasteiger partial charge is 0.325 e. The number of nitrogens with zero attached hydrogens (tertiary/aromatic N) is 1. The van der Waals surface area contributed by atoms with Crippen molar-refractivity contribution in [2.24, 2.45) is 0 Å². The Morgan fingerprint density at radius 1 is 1.04 bits per heavy atom. The SMILES string of the molecule is CSc1cccc(NC(=O)CSCCN2C(=O)c3ccccc3C2=O)c1. The summed E-state index contributed by atoms with van der Waals surface area (Å²) < 4.78 is 0. The molecular formula is C19H18N2O3S2. The van der Waals surface area contributed by atoms with Crippen molar-refractivity contribution in [3.63, 3.8) is 0 Å². The maximum atomic E-state index is 12.3. The van der Waals surface area contributed by atoms with Gasteiger partial charge in [0.05, 0.1) is 16.9 Å². The maximum Gasteiger partial charge on any atom is 0.261 e. The van der Waals surface area contributed by atoms with Gasteiger partial charge < -0.3 is 5.32 Å². The minimum absolute atomic E-state index is 0.101. The van der Waals surface area contributed by atoms with Crippen LogP contribution in [0.4, 0.5) is 5.69 Å². The second-order valence-corrected chi connectivity index (χ2v) is 7.63. The van der Waals surface area contributed by atoms with Crippen LogP contribution in [0.1, 0.15) is 20.7 Å². The summed E-state index contributed by atoms with van der Waals surface area (Å²) in [6.07, 6.45) is 1.98. The van der Waals surface area contributed by atoms with Gasteiger partial charge in [0.2, 0.25) is 5.91 Å². The maximum absolute atomic E-state index is 12.3. The van der Waals surface area contributed by atoms with E-state index in [0.717, 1.165) is 10.6 Å². The predicted molar refractivity (Wildman–Crippen MR) is 106 cm³/mol. The van der Waals surface area contributed by atoms with Crippen LogP contribution in [0.5, 0.6) is 0 Å². The molecule has 3 rings (SSSR count). The summed E-state index contributed by atoms with van der Waals surface area (Å²) in [5.41, 5.74) is 1.67. The summed E-state index contributed by atoms with van der Waals surface area (Å²) in [7, 11) is 0. The number of hydrogen-bond donors (Lipinski definition) is 1. The topological polar surface area (TPSA) is 66.5 Å². The van der Waals surface area contributed by atoms with Crippen LogP contribution in [0.2, 0.25) is 0 Å². The van der Waals surface area contributed by atoms with Crippen molar-refractivity contribution in [2.45, 2.75) is 4.90 Å². The predicted octanol–water partition coefficient (Wildman–Crippen LogP) is 3.38. The number of amides is 3. The average molecular weight is 386 g/mol. The third kappa shape index (κ3) is 4.11. The van der Waals surface area contributed by atoms with E-state index in [1.165, 1.54) is 16.7 Å². The van der Waals surface area contributed by atoms with Crippen LogP contribution >= 0.6 is 23.5 Å². The highest BCUT2D eigenvalue weighted by Gasteiger charge is 2.34. The van der Waals surface area contributed by atoms with E-state index in [-0.39, 0.29) is 23.5 Å². The Morgan fingerprint density at radius 2 is 1.73 bits per heavy atom. The Bertz CT molecular complexity index is 819. The lowest BCUT2D eigenvalue weighted by Crippen LogP contribution is -2.32. The zero-order chi connectivity index (χ0) is 18.5. The van der Waals surface area contributed by atoms with Gasteiger partial charge in [-0.3, -0.25) is 19.3 Å². The molecule has 1 aliphatic heterocycles. The Kier molecular flexibility index (Phi) is 6.00. The van der Waals surface area contributed by atoms with E-state index in [0.29, 0.717) is 23.4 Å². The number of imide groups is 1. The Balaban J connectivity index is 1.45. The molecule has 0 aliphatic carbocycles. The summed E-state index contributed by atoms with van der Waals surface area (Å²) in [5.74, 6) is 0.167. The van der Waals surface area contributed by atoms with Crippen molar-refractivity contribution >= 4 is 46.9 Å². The standard InChI is InChI=1S/C19H18N2O3S2/c1-25-14-6-4-5-13(11-14)20-17(22)12-26-10-9-21-18(23)15-7-2-3-8-16(15)19(21)24/h2-8,11H,9-10,12H2,1H3,(H,20,22). The lowest BCUT2D eigenvalue weighted by Gasteiger charge is -2.13. The lowest BCUT2D eigenvalue weighted by atomic mass is 10.1. The van der Waals surface area contributed by atoms with Crippen LogP contribution in [0.25, 0.3) is 0 Å². The van der Waals surface area contributed by atoms with Crippen molar-refractivity contribution in [2.75, 3.05) is 29.6 Å². The third-order valence-corrected chi connectivity index (χ3v) is 5.59. The number of benzene rings is 2. The van der Waals surface area contributed by atoms with Gasteiger partial charge in [-0.1, -0.05) is 18.2 Å². The molecule has 0 atom stereocenters. The van der Waals surface area contributed by atoms with Gasteiger partial charge in [-0.25, -0.2) is 0 Å². The molecule has 7 heteroatoms. The molecule has 2 aromatic carbocycles. The summed E-state index contributed by atoms with van der Waals surface area (Å²) in [6.45, 7) is 0.298. The molecule has 0 aromatic heterocycles. The van der Waals surface area contributed by atoms with Crippen molar-refractivity contribution in [3.05, 3.63) is 59.7 Å². The zero-order valence-corrected chi connectivity index (χ0v) is 15.9. The molecule has 5 nitrogen and oxygen atoms in total. The normalized spacial score (nSPS) is 13.0. The van der Waals surface area contributed by atoms with Crippen molar-refractivity contribution in [3.8, 4) is 0 Å². The molecule has 1 aliphatic rings. The number of thioether (sulfide) groups is 2. The van der Waals surface area contributed by atoms with E-state index in [4.69, 9.17) is 0 Å². The molecule has 0 saturated heterocycles. The van der Waals surface area contributed by atoms with E-state index in [1.54, 1.807) is 36.0 Å². The first-order valence-corrected chi connectivity index (χ1v) is 10.4. The van der Waals surface area contributed by atoms with E-state index < -0.39 is 0 Å². The number of hydrogen-bond acceptors (Lipinski definition) is 5. The van der Waals surface area contributed by atoms with Crippen molar-refractivity contribution in [1.82, 2.24) is 4.90 Å². The first-order chi connectivity index (χ1) is 12.6. The fraction of sp³-hybridized carbons (Fsp3) is 0.211. The summed E-state index contributed by atoms with van der Waals surface area (Å²) in [6, 6.07) is 14.5. The molecule has 0 saturated carbocycles. The number of nitrogens with one attached hydrogen (secondary N) is 1. The molecule has 0 unspecified atom stereocenters. The fourth-order valence-electron chi connectivity index (χ4n) is 2.66. The van der Waals surface area contributed by atoms with Crippen LogP contribution in [0.3, 0.4) is 0 Å². The van der Waals surface area contributed by atoms with Gasteiger partial charge in [-0.05, 0) is 36.6 Å². The number of carbonyl (C=O) groups excluding carboxylic acids is 3. The van der Waals surface area contributed by atoms with Crippen molar-refractivity contribution in [1.29, 1.82) is 0 Å². The summed E-state index contributed by atoms with van der Waals surface area (Å²) in [5, 5.41) is 2.86. The Morgan fingerprint density at radius 3 is 2.38 bits per heavy atom. The first-order valence-electron chi connectivity index (χ1n) is 8.07. The zero-order valence-electron chi connectivity index (χ0n) is 14.2. The van der Waals surface area contributed by atoms with Gasteiger partial charge in [-0.2, -0.15) is 11.8 Å². The first kappa shape index (κ1) is 18.5. The molecule has 0 bridgehead atoms. The van der Waals surface area contributed by atoms with E-state index in [1.807, 2.05) is 30.5 Å². The number of anilines is 1. The van der Waals surface area contributed by atoms with Gasteiger partial charge in [-0.15, -0.1) is 11.8 Å². The van der Waals surface area contributed by atoms with E-state index in [9.17, 15) is 14.4 Å². The molecule has 1 heterocycles. The minimum Gasteiger partial charge on any atom is -0.325 e. The van der Waals surface area contributed by atoms with E-state index in [2.05, 4.69) is 5.32 Å². The van der Waals surface area contributed by atoms with Crippen LogP contribution in [0, 0.1) is 0 Å². The van der Waals surface area contributed by atoms with Crippen LogP contribution in [-0.2, 0) is 4.79 Å². The van der Waals surface area contributed by atoms with Crippen molar-refractivity contribution < 1.29 is 14.4 Å². The highest BCUT2D eigenvalue weighted by atomic mass is 32.2. The third-order valence-electron chi connectivity index (χ3n) is 3.92. The molecule has 0 radical (unpaired) electrons. The number of carbonyl (C=O) groups is 3. The summed E-state index contributed by atoms with van der Waals surface area (Å²) in [4.78, 5) is 38.9. The number of rotatable bonds is 7. The van der Waals surface area contributed by atoms with Gasteiger partial charge in [0.25, 0.3) is 11.8 Å². The average Bonchev–Trinajstić information content (AvgIpc) is 2.90. The molecule has 1 N–H and O–H groups in total. The molecule has 2 aromatic rings. The molecule has 3 amide bonds.